The summed E-state index contributed by atoms with van der Waals surface area (Å²) in [7, 11) is 3.52. The van der Waals surface area contributed by atoms with E-state index in [0.717, 1.165) is 30.5 Å². The summed E-state index contributed by atoms with van der Waals surface area (Å²) < 4.78 is 11.4. The van der Waals surface area contributed by atoms with Crippen molar-refractivity contribution in [1.82, 2.24) is 15.1 Å². The third-order valence-corrected chi connectivity index (χ3v) is 5.28. The summed E-state index contributed by atoms with van der Waals surface area (Å²) >= 11 is 0. The van der Waals surface area contributed by atoms with Gasteiger partial charge in [-0.1, -0.05) is 12.1 Å². The fourth-order valence-electron chi connectivity index (χ4n) is 3.88. The van der Waals surface area contributed by atoms with Gasteiger partial charge >= 0.3 is 0 Å². The zero-order valence-electron chi connectivity index (χ0n) is 16.3. The van der Waals surface area contributed by atoms with E-state index < -0.39 is 0 Å². The number of aliphatic imine (C=N–C) groups is 1. The molecule has 1 aromatic carbocycles. The second-order valence-electron chi connectivity index (χ2n) is 7.14. The van der Waals surface area contributed by atoms with Crippen LogP contribution in [0.5, 0.6) is 11.5 Å². The largest absolute Gasteiger partial charge is 0.493 e. The molecule has 0 bridgehead atoms. The second-order valence-corrected chi connectivity index (χ2v) is 7.14. The van der Waals surface area contributed by atoms with Crippen LogP contribution in [0.25, 0.3) is 0 Å². The standard InChI is InChI=1S/C20H32N4O2/c1-16(26-19-9-5-4-8-18(19)25-3)14-22-20(21-2)24-13-10-17(15-24)23-11-6-7-12-23/h4-5,8-9,16-17H,6-7,10-15H2,1-3H3,(H,21,22). The number of rotatable bonds is 6. The first kappa shape index (κ1) is 18.8. The molecule has 0 saturated carbocycles. The maximum atomic E-state index is 6.03. The average Bonchev–Trinajstić information content (AvgIpc) is 3.34. The molecule has 144 valence electrons. The highest BCUT2D eigenvalue weighted by molar-refractivity contribution is 5.80. The molecule has 6 nitrogen and oxygen atoms in total. The molecule has 2 saturated heterocycles. The van der Waals surface area contributed by atoms with Gasteiger partial charge in [-0.15, -0.1) is 0 Å². The van der Waals surface area contributed by atoms with Gasteiger partial charge in [0.2, 0.25) is 0 Å². The van der Waals surface area contributed by atoms with Crippen molar-refractivity contribution in [2.24, 2.45) is 4.99 Å². The molecule has 0 spiro atoms. The van der Waals surface area contributed by atoms with Gasteiger partial charge in [0.15, 0.2) is 17.5 Å². The first-order chi connectivity index (χ1) is 12.7. The van der Waals surface area contributed by atoms with Gasteiger partial charge in [-0.05, 0) is 51.4 Å². The number of methoxy groups -OCH3 is 1. The molecule has 2 aliphatic rings. The van der Waals surface area contributed by atoms with Crippen molar-refractivity contribution in [2.75, 3.05) is 46.9 Å². The van der Waals surface area contributed by atoms with Crippen LogP contribution in [0.2, 0.25) is 0 Å². The third-order valence-electron chi connectivity index (χ3n) is 5.28. The molecule has 2 fully saturated rings. The number of hydrogen-bond acceptors (Lipinski definition) is 4. The Morgan fingerprint density at radius 3 is 2.65 bits per heavy atom. The van der Waals surface area contributed by atoms with Crippen LogP contribution in [-0.4, -0.2) is 74.8 Å². The number of guanidine groups is 1. The highest BCUT2D eigenvalue weighted by Gasteiger charge is 2.30. The fourth-order valence-corrected chi connectivity index (χ4v) is 3.88. The van der Waals surface area contributed by atoms with Gasteiger partial charge in [0.05, 0.1) is 13.7 Å². The van der Waals surface area contributed by atoms with E-state index in [-0.39, 0.29) is 6.10 Å². The van der Waals surface area contributed by atoms with E-state index in [4.69, 9.17) is 9.47 Å². The normalized spacial score (nSPS) is 22.5. The maximum absolute atomic E-state index is 6.03. The number of nitrogens with one attached hydrogen (secondary N) is 1. The van der Waals surface area contributed by atoms with Crippen molar-refractivity contribution in [3.05, 3.63) is 24.3 Å². The molecule has 0 amide bonds. The van der Waals surface area contributed by atoms with Crippen molar-refractivity contribution in [3.8, 4) is 11.5 Å². The number of benzene rings is 1. The molecule has 2 unspecified atom stereocenters. The zero-order chi connectivity index (χ0) is 18.4. The Labute approximate surface area is 157 Å². The van der Waals surface area contributed by atoms with E-state index in [0.29, 0.717) is 12.6 Å². The third kappa shape index (κ3) is 4.61. The molecule has 0 aliphatic carbocycles. The van der Waals surface area contributed by atoms with Crippen LogP contribution in [0.15, 0.2) is 29.3 Å². The topological polar surface area (TPSA) is 49.3 Å². The van der Waals surface area contributed by atoms with Gasteiger partial charge in [-0.2, -0.15) is 0 Å². The Morgan fingerprint density at radius 2 is 1.96 bits per heavy atom. The maximum Gasteiger partial charge on any atom is 0.193 e. The van der Waals surface area contributed by atoms with Crippen molar-refractivity contribution in [2.45, 2.75) is 38.3 Å². The molecule has 3 rings (SSSR count). The Bertz CT molecular complexity index is 601. The van der Waals surface area contributed by atoms with Crippen LogP contribution in [-0.2, 0) is 0 Å². The second kappa shape index (κ2) is 9.12. The van der Waals surface area contributed by atoms with Crippen LogP contribution in [0.1, 0.15) is 26.2 Å². The van der Waals surface area contributed by atoms with Crippen molar-refractivity contribution in [1.29, 1.82) is 0 Å². The minimum absolute atomic E-state index is 0.0139. The first-order valence-corrected chi connectivity index (χ1v) is 9.70. The number of nitrogens with zero attached hydrogens (tertiary/aromatic N) is 3. The Morgan fingerprint density at radius 1 is 1.23 bits per heavy atom. The lowest BCUT2D eigenvalue weighted by Crippen LogP contribution is -2.45. The minimum atomic E-state index is 0.0139. The van der Waals surface area contributed by atoms with Gasteiger partial charge in [0.25, 0.3) is 0 Å². The molecule has 0 radical (unpaired) electrons. The van der Waals surface area contributed by atoms with E-state index in [1.54, 1.807) is 7.11 Å². The Kier molecular flexibility index (Phi) is 6.61. The molecule has 1 aromatic rings. The van der Waals surface area contributed by atoms with Gasteiger partial charge in [-0.3, -0.25) is 9.89 Å². The summed E-state index contributed by atoms with van der Waals surface area (Å²) in [6.45, 7) is 7.42. The molecule has 2 aliphatic heterocycles. The lowest BCUT2D eigenvalue weighted by molar-refractivity contribution is 0.212. The van der Waals surface area contributed by atoms with Gasteiger partial charge in [-0.25, -0.2) is 0 Å². The Balaban J connectivity index is 1.48. The van der Waals surface area contributed by atoms with Crippen LogP contribution >= 0.6 is 0 Å². The predicted octanol–water partition coefficient (Wildman–Crippen LogP) is 2.21. The Hall–Kier alpha value is -1.95. The highest BCUT2D eigenvalue weighted by atomic mass is 16.5. The van der Waals surface area contributed by atoms with Crippen LogP contribution in [0, 0.1) is 0 Å². The zero-order valence-corrected chi connectivity index (χ0v) is 16.3. The number of likely N-dealkylation sites (tertiary alicyclic amines) is 2. The smallest absolute Gasteiger partial charge is 0.193 e. The summed E-state index contributed by atoms with van der Waals surface area (Å²) in [4.78, 5) is 9.49. The summed E-state index contributed by atoms with van der Waals surface area (Å²) in [6.07, 6.45) is 3.94. The van der Waals surface area contributed by atoms with Gasteiger partial charge in [0.1, 0.15) is 6.10 Å². The number of hydrogen-bond donors (Lipinski definition) is 1. The predicted molar refractivity (Wildman–Crippen MR) is 105 cm³/mol. The lowest BCUT2D eigenvalue weighted by Gasteiger charge is -2.26. The average molecular weight is 361 g/mol. The van der Waals surface area contributed by atoms with Crippen molar-refractivity contribution < 1.29 is 9.47 Å². The molecular weight excluding hydrogens is 328 g/mol. The van der Waals surface area contributed by atoms with E-state index in [1.165, 1.54) is 32.4 Å². The monoisotopic (exact) mass is 360 g/mol. The number of ether oxygens (including phenoxy) is 2. The summed E-state index contributed by atoms with van der Waals surface area (Å²) in [5.74, 6) is 2.51. The molecule has 2 heterocycles. The SMILES string of the molecule is CN=C(NCC(C)Oc1ccccc1OC)N1CCC(N2CCCC2)C1. The lowest BCUT2D eigenvalue weighted by atomic mass is 10.2. The van der Waals surface area contributed by atoms with E-state index >= 15 is 0 Å². The quantitative estimate of drug-likeness (QED) is 0.623. The van der Waals surface area contributed by atoms with Crippen molar-refractivity contribution >= 4 is 5.96 Å². The molecule has 2 atom stereocenters. The highest BCUT2D eigenvalue weighted by Crippen LogP contribution is 2.26. The first-order valence-electron chi connectivity index (χ1n) is 9.70. The van der Waals surface area contributed by atoms with Crippen LogP contribution in [0.3, 0.4) is 0 Å². The number of para-hydroxylation sites is 2. The summed E-state index contributed by atoms with van der Waals surface area (Å²) in [5.41, 5.74) is 0. The molecule has 1 N–H and O–H groups in total. The van der Waals surface area contributed by atoms with Gasteiger partial charge in [0, 0.05) is 26.2 Å². The van der Waals surface area contributed by atoms with E-state index in [1.807, 2.05) is 31.3 Å². The minimum Gasteiger partial charge on any atom is -0.493 e. The van der Waals surface area contributed by atoms with Gasteiger partial charge < -0.3 is 19.7 Å². The molecule has 6 heteroatoms. The molecular formula is C20H32N4O2. The molecule has 26 heavy (non-hydrogen) atoms. The molecule has 0 aromatic heterocycles. The van der Waals surface area contributed by atoms with Crippen molar-refractivity contribution in [3.63, 3.8) is 0 Å². The van der Waals surface area contributed by atoms with Crippen LogP contribution in [0.4, 0.5) is 0 Å². The summed E-state index contributed by atoms with van der Waals surface area (Å²) in [5, 5.41) is 3.47. The fraction of sp³-hybridized carbons (Fsp3) is 0.650. The van der Waals surface area contributed by atoms with E-state index in [9.17, 15) is 0 Å². The van der Waals surface area contributed by atoms with Crippen LogP contribution < -0.4 is 14.8 Å². The van der Waals surface area contributed by atoms with E-state index in [2.05, 4.69) is 27.0 Å². The summed E-state index contributed by atoms with van der Waals surface area (Å²) in [6, 6.07) is 8.43.